The Morgan fingerprint density at radius 3 is 2.50 bits per heavy atom. The normalized spacial score (nSPS) is 11.9. The average molecular weight is 314 g/mol. The van der Waals surface area contributed by atoms with Gasteiger partial charge in [-0.2, -0.15) is 0 Å². The van der Waals surface area contributed by atoms with Gasteiger partial charge in [-0.3, -0.25) is 0 Å². The van der Waals surface area contributed by atoms with Crippen molar-refractivity contribution in [2.45, 2.75) is 25.3 Å². The van der Waals surface area contributed by atoms with Crippen LogP contribution in [0.5, 0.6) is 0 Å². The minimum atomic E-state index is -3.51. The predicted molar refractivity (Wildman–Crippen MR) is 88.2 cm³/mol. The standard InChI is InChI=1S/C17H18N2O2S/c1-12-7-8-16(9-13(12)2)22(20,21)18-11-15-10-14-5-3-4-6-17(14)19-15/h3-10,18-19H,11H2,1-2H3. The van der Waals surface area contributed by atoms with E-state index in [1.165, 1.54) is 0 Å². The first-order valence-corrected chi connectivity index (χ1v) is 8.57. The van der Waals surface area contributed by atoms with E-state index in [4.69, 9.17) is 0 Å². The van der Waals surface area contributed by atoms with E-state index >= 15 is 0 Å². The van der Waals surface area contributed by atoms with Gasteiger partial charge in [-0.15, -0.1) is 0 Å². The average Bonchev–Trinajstić information content (AvgIpc) is 2.91. The Hall–Kier alpha value is -2.11. The quantitative estimate of drug-likeness (QED) is 0.776. The van der Waals surface area contributed by atoms with Gasteiger partial charge in [0.1, 0.15) is 0 Å². The third-order valence-corrected chi connectivity index (χ3v) is 5.23. The molecule has 0 aliphatic rings. The van der Waals surface area contributed by atoms with Crippen LogP contribution in [0, 0.1) is 13.8 Å². The van der Waals surface area contributed by atoms with Gasteiger partial charge in [-0.05, 0) is 54.6 Å². The molecule has 0 atom stereocenters. The molecule has 0 fully saturated rings. The molecular formula is C17H18N2O2S. The molecule has 5 heteroatoms. The van der Waals surface area contributed by atoms with E-state index in [9.17, 15) is 8.42 Å². The molecule has 22 heavy (non-hydrogen) atoms. The molecule has 0 bridgehead atoms. The molecule has 114 valence electrons. The van der Waals surface area contributed by atoms with Crippen molar-refractivity contribution >= 4 is 20.9 Å². The zero-order valence-corrected chi connectivity index (χ0v) is 13.4. The molecular weight excluding hydrogens is 296 g/mol. The number of rotatable bonds is 4. The highest BCUT2D eigenvalue weighted by molar-refractivity contribution is 7.89. The van der Waals surface area contributed by atoms with Gasteiger partial charge < -0.3 is 4.98 Å². The lowest BCUT2D eigenvalue weighted by atomic mass is 10.1. The fourth-order valence-corrected chi connectivity index (χ4v) is 3.46. The molecule has 0 saturated carbocycles. The fraction of sp³-hybridized carbons (Fsp3) is 0.176. The van der Waals surface area contributed by atoms with Gasteiger partial charge >= 0.3 is 0 Å². The second-order valence-corrected chi connectivity index (χ2v) is 7.22. The Bertz CT molecular complexity index is 894. The topological polar surface area (TPSA) is 62.0 Å². The molecule has 0 aliphatic carbocycles. The van der Waals surface area contributed by atoms with Crippen LogP contribution >= 0.6 is 0 Å². The summed E-state index contributed by atoms with van der Waals surface area (Å²) in [4.78, 5) is 3.51. The Balaban J connectivity index is 1.80. The predicted octanol–water partition coefficient (Wildman–Crippen LogP) is 3.26. The maximum Gasteiger partial charge on any atom is 0.240 e. The number of aromatic nitrogens is 1. The summed E-state index contributed by atoms with van der Waals surface area (Å²) in [5.41, 5.74) is 3.89. The third kappa shape index (κ3) is 2.91. The molecule has 1 heterocycles. The molecule has 0 spiro atoms. The van der Waals surface area contributed by atoms with Crippen LogP contribution < -0.4 is 4.72 Å². The molecule has 4 nitrogen and oxygen atoms in total. The van der Waals surface area contributed by atoms with E-state index in [0.717, 1.165) is 27.7 Å². The Labute approximate surface area is 130 Å². The highest BCUT2D eigenvalue weighted by Gasteiger charge is 2.14. The zero-order chi connectivity index (χ0) is 15.7. The molecule has 3 rings (SSSR count). The van der Waals surface area contributed by atoms with Crippen LogP contribution in [0.3, 0.4) is 0 Å². The first kappa shape index (κ1) is 14.8. The second-order valence-electron chi connectivity index (χ2n) is 5.45. The van der Waals surface area contributed by atoms with E-state index in [0.29, 0.717) is 4.90 Å². The van der Waals surface area contributed by atoms with Crippen LogP contribution in [0.25, 0.3) is 10.9 Å². The molecule has 0 radical (unpaired) electrons. The molecule has 0 aliphatic heterocycles. The maximum absolute atomic E-state index is 12.4. The SMILES string of the molecule is Cc1ccc(S(=O)(=O)NCc2cc3ccccc3[nH]2)cc1C. The summed E-state index contributed by atoms with van der Waals surface area (Å²) in [5.74, 6) is 0. The van der Waals surface area contributed by atoms with Crippen LogP contribution in [0.4, 0.5) is 0 Å². The first-order valence-electron chi connectivity index (χ1n) is 7.09. The van der Waals surface area contributed by atoms with Gasteiger partial charge in [0.25, 0.3) is 0 Å². The summed E-state index contributed by atoms with van der Waals surface area (Å²) < 4.78 is 27.4. The van der Waals surface area contributed by atoms with E-state index in [-0.39, 0.29) is 6.54 Å². The van der Waals surface area contributed by atoms with Crippen molar-refractivity contribution in [3.05, 3.63) is 65.4 Å². The highest BCUT2D eigenvalue weighted by atomic mass is 32.2. The fourth-order valence-electron chi connectivity index (χ4n) is 2.37. The van der Waals surface area contributed by atoms with Crippen molar-refractivity contribution in [1.29, 1.82) is 0 Å². The number of fused-ring (bicyclic) bond motifs is 1. The number of H-pyrrole nitrogens is 1. The minimum absolute atomic E-state index is 0.240. The monoisotopic (exact) mass is 314 g/mol. The first-order chi connectivity index (χ1) is 10.5. The largest absolute Gasteiger partial charge is 0.357 e. The number of para-hydroxylation sites is 1. The number of sulfonamides is 1. The number of hydrogen-bond donors (Lipinski definition) is 2. The summed E-state index contributed by atoms with van der Waals surface area (Å²) >= 11 is 0. The van der Waals surface area contributed by atoms with Gasteiger partial charge in [0.05, 0.1) is 11.4 Å². The molecule has 2 aromatic carbocycles. The Morgan fingerprint density at radius 2 is 1.77 bits per heavy atom. The number of aromatic amines is 1. The minimum Gasteiger partial charge on any atom is -0.357 e. The molecule has 2 N–H and O–H groups in total. The summed E-state index contributed by atoms with van der Waals surface area (Å²) in [5, 5.41) is 1.07. The molecule has 0 amide bonds. The summed E-state index contributed by atoms with van der Waals surface area (Å²) in [6, 6.07) is 15.0. The van der Waals surface area contributed by atoms with Crippen molar-refractivity contribution < 1.29 is 8.42 Å². The lowest BCUT2D eigenvalue weighted by Gasteiger charge is -2.08. The lowest BCUT2D eigenvalue weighted by molar-refractivity contribution is 0.580. The van der Waals surface area contributed by atoms with Crippen LogP contribution in [0.1, 0.15) is 16.8 Å². The Kier molecular flexibility index (Phi) is 3.76. The molecule has 3 aromatic rings. The van der Waals surface area contributed by atoms with Crippen molar-refractivity contribution in [1.82, 2.24) is 9.71 Å². The van der Waals surface area contributed by atoms with E-state index in [1.807, 2.05) is 50.2 Å². The van der Waals surface area contributed by atoms with Gasteiger partial charge in [0.15, 0.2) is 0 Å². The maximum atomic E-state index is 12.4. The smallest absolute Gasteiger partial charge is 0.240 e. The van der Waals surface area contributed by atoms with E-state index < -0.39 is 10.0 Å². The number of hydrogen-bond acceptors (Lipinski definition) is 2. The number of nitrogens with one attached hydrogen (secondary N) is 2. The second kappa shape index (κ2) is 5.59. The van der Waals surface area contributed by atoms with Crippen LogP contribution in [-0.2, 0) is 16.6 Å². The van der Waals surface area contributed by atoms with E-state index in [1.54, 1.807) is 12.1 Å². The van der Waals surface area contributed by atoms with Gasteiger partial charge in [0, 0.05) is 11.2 Å². The van der Waals surface area contributed by atoms with Gasteiger partial charge in [-0.25, -0.2) is 13.1 Å². The van der Waals surface area contributed by atoms with Crippen molar-refractivity contribution in [3.8, 4) is 0 Å². The summed E-state index contributed by atoms with van der Waals surface area (Å²) in [7, 11) is -3.51. The van der Waals surface area contributed by atoms with Crippen LogP contribution in [-0.4, -0.2) is 13.4 Å². The number of benzene rings is 2. The molecule has 0 unspecified atom stereocenters. The zero-order valence-electron chi connectivity index (χ0n) is 12.6. The van der Waals surface area contributed by atoms with Crippen molar-refractivity contribution in [3.63, 3.8) is 0 Å². The molecule has 1 aromatic heterocycles. The van der Waals surface area contributed by atoms with Crippen molar-refractivity contribution in [2.24, 2.45) is 0 Å². The highest BCUT2D eigenvalue weighted by Crippen LogP contribution is 2.17. The lowest BCUT2D eigenvalue weighted by Crippen LogP contribution is -2.23. The van der Waals surface area contributed by atoms with Crippen LogP contribution in [0.15, 0.2) is 53.4 Å². The third-order valence-electron chi connectivity index (χ3n) is 3.83. The molecule has 0 saturated heterocycles. The van der Waals surface area contributed by atoms with Gasteiger partial charge in [-0.1, -0.05) is 24.3 Å². The van der Waals surface area contributed by atoms with Crippen molar-refractivity contribution in [2.75, 3.05) is 0 Å². The summed E-state index contributed by atoms with van der Waals surface area (Å²) in [6.07, 6.45) is 0. The Morgan fingerprint density at radius 1 is 1.00 bits per heavy atom. The summed E-state index contributed by atoms with van der Waals surface area (Å²) in [6.45, 7) is 4.11. The van der Waals surface area contributed by atoms with Gasteiger partial charge in [0.2, 0.25) is 10.0 Å². The van der Waals surface area contributed by atoms with E-state index in [2.05, 4.69) is 9.71 Å². The van der Waals surface area contributed by atoms with Crippen LogP contribution in [0.2, 0.25) is 0 Å². The number of aryl methyl sites for hydroxylation is 2.